The molecule has 148 valence electrons. The first kappa shape index (κ1) is 19.5. The number of benzene rings is 1. The molecule has 2 aromatic heterocycles. The number of nitrogens with zero attached hydrogens (tertiary/aromatic N) is 3. The number of hydrogen-bond acceptors (Lipinski definition) is 7. The Bertz CT molecular complexity index is 1120. The van der Waals surface area contributed by atoms with Gasteiger partial charge in [-0.05, 0) is 17.7 Å². The van der Waals surface area contributed by atoms with E-state index < -0.39 is 29.8 Å². The van der Waals surface area contributed by atoms with E-state index in [4.69, 9.17) is 5.73 Å². The third kappa shape index (κ3) is 3.88. The molecule has 0 aliphatic carbocycles. The summed E-state index contributed by atoms with van der Waals surface area (Å²) >= 11 is 0. The van der Waals surface area contributed by atoms with Gasteiger partial charge in [-0.2, -0.15) is 5.10 Å². The zero-order valence-electron chi connectivity index (χ0n) is 15.0. The predicted octanol–water partition coefficient (Wildman–Crippen LogP) is 0.171. The van der Waals surface area contributed by atoms with Gasteiger partial charge in [0.1, 0.15) is 11.7 Å². The van der Waals surface area contributed by atoms with Gasteiger partial charge >= 0.3 is 11.9 Å². The molecule has 2 amide bonds. The number of nitrogens with one attached hydrogen (secondary N) is 1. The van der Waals surface area contributed by atoms with Crippen LogP contribution in [0.4, 0.5) is 0 Å². The number of primary amides is 1. The molecule has 0 aliphatic rings. The quantitative estimate of drug-likeness (QED) is 0.495. The average molecular weight is 397 g/mol. The van der Waals surface area contributed by atoms with E-state index in [1.54, 1.807) is 0 Å². The van der Waals surface area contributed by atoms with E-state index in [0.29, 0.717) is 5.56 Å². The van der Waals surface area contributed by atoms with Crippen LogP contribution in [0.15, 0.2) is 42.6 Å². The van der Waals surface area contributed by atoms with Crippen molar-refractivity contribution >= 4 is 29.4 Å². The molecule has 2 heterocycles. The standard InChI is InChI=1S/C18H15N5O6/c1-29-18(28)10-4-2-9(3-5-10)14(15(19)24)22-16(25)11-8-12(17(26)27)23-13(21-11)6-7-20-23/h2-8,14H,1H3,(H2,19,24)(H,22,25)(H,26,27)/t14-/m1/s1. The number of esters is 1. The minimum Gasteiger partial charge on any atom is -0.477 e. The second kappa shape index (κ2) is 7.76. The van der Waals surface area contributed by atoms with Crippen LogP contribution in [0.2, 0.25) is 0 Å². The molecule has 0 saturated carbocycles. The second-order valence-corrected chi connectivity index (χ2v) is 5.86. The van der Waals surface area contributed by atoms with Crippen molar-refractivity contribution in [1.29, 1.82) is 0 Å². The zero-order valence-corrected chi connectivity index (χ0v) is 15.0. The number of fused-ring (bicyclic) bond motifs is 1. The van der Waals surface area contributed by atoms with Crippen molar-refractivity contribution in [3.63, 3.8) is 0 Å². The maximum Gasteiger partial charge on any atom is 0.354 e. The summed E-state index contributed by atoms with van der Waals surface area (Å²) in [6, 6.07) is 6.96. The highest BCUT2D eigenvalue weighted by Crippen LogP contribution is 2.16. The van der Waals surface area contributed by atoms with Crippen LogP contribution in [0.3, 0.4) is 0 Å². The molecule has 0 fully saturated rings. The fourth-order valence-electron chi connectivity index (χ4n) is 2.63. The Morgan fingerprint density at radius 2 is 1.86 bits per heavy atom. The molecular formula is C18H15N5O6. The van der Waals surface area contributed by atoms with Crippen LogP contribution in [0.5, 0.6) is 0 Å². The van der Waals surface area contributed by atoms with Crippen LogP contribution in [0.1, 0.15) is 42.9 Å². The Morgan fingerprint density at radius 3 is 2.45 bits per heavy atom. The van der Waals surface area contributed by atoms with E-state index >= 15 is 0 Å². The third-order valence-corrected chi connectivity index (χ3v) is 4.04. The van der Waals surface area contributed by atoms with Crippen LogP contribution in [0, 0.1) is 0 Å². The number of carboxylic acid groups (broad SMARTS) is 1. The monoisotopic (exact) mass is 397 g/mol. The minimum absolute atomic E-state index is 0.146. The van der Waals surface area contributed by atoms with Gasteiger partial charge in [0.2, 0.25) is 5.91 Å². The molecule has 11 nitrogen and oxygen atoms in total. The molecule has 4 N–H and O–H groups in total. The highest BCUT2D eigenvalue weighted by atomic mass is 16.5. The van der Waals surface area contributed by atoms with E-state index in [2.05, 4.69) is 20.1 Å². The minimum atomic E-state index is -1.31. The molecular weight excluding hydrogens is 382 g/mol. The van der Waals surface area contributed by atoms with Crippen molar-refractivity contribution in [2.24, 2.45) is 5.73 Å². The molecule has 1 aromatic carbocycles. The molecule has 0 saturated heterocycles. The van der Waals surface area contributed by atoms with Crippen molar-refractivity contribution in [2.75, 3.05) is 7.11 Å². The number of aromatic nitrogens is 3. The molecule has 3 aromatic rings. The number of carboxylic acids is 1. The van der Waals surface area contributed by atoms with Gasteiger partial charge in [-0.3, -0.25) is 9.59 Å². The Morgan fingerprint density at radius 1 is 1.17 bits per heavy atom. The lowest BCUT2D eigenvalue weighted by molar-refractivity contribution is -0.120. The summed E-state index contributed by atoms with van der Waals surface area (Å²) in [5, 5.41) is 15.6. The van der Waals surface area contributed by atoms with Gasteiger partial charge in [0, 0.05) is 12.1 Å². The fraction of sp³-hybridized carbons (Fsp3) is 0.111. The van der Waals surface area contributed by atoms with Gasteiger partial charge in [-0.1, -0.05) is 12.1 Å². The molecule has 29 heavy (non-hydrogen) atoms. The Kier molecular flexibility index (Phi) is 5.21. The number of methoxy groups -OCH3 is 1. The maximum absolute atomic E-state index is 12.6. The van der Waals surface area contributed by atoms with Gasteiger partial charge in [0.05, 0.1) is 18.9 Å². The summed E-state index contributed by atoms with van der Waals surface area (Å²) in [7, 11) is 1.23. The molecule has 0 radical (unpaired) electrons. The lowest BCUT2D eigenvalue weighted by Crippen LogP contribution is -2.38. The summed E-state index contributed by atoms with van der Waals surface area (Å²) < 4.78 is 5.67. The van der Waals surface area contributed by atoms with Gasteiger partial charge in [0.15, 0.2) is 11.3 Å². The lowest BCUT2D eigenvalue weighted by Gasteiger charge is -2.16. The fourth-order valence-corrected chi connectivity index (χ4v) is 2.63. The topological polar surface area (TPSA) is 166 Å². The summed E-state index contributed by atoms with van der Waals surface area (Å²) in [6.07, 6.45) is 1.34. The highest BCUT2D eigenvalue weighted by Gasteiger charge is 2.24. The first-order valence-corrected chi connectivity index (χ1v) is 8.18. The van der Waals surface area contributed by atoms with Crippen molar-refractivity contribution in [3.05, 3.63) is 65.1 Å². The molecule has 0 bridgehead atoms. The van der Waals surface area contributed by atoms with Gasteiger partial charge < -0.3 is 20.9 Å². The molecule has 3 rings (SSSR count). The lowest BCUT2D eigenvalue weighted by atomic mass is 10.0. The molecule has 0 aliphatic heterocycles. The number of carbonyl (C=O) groups excluding carboxylic acids is 3. The van der Waals surface area contributed by atoms with Crippen molar-refractivity contribution < 1.29 is 29.0 Å². The predicted molar refractivity (Wildman–Crippen MR) is 97.1 cm³/mol. The van der Waals surface area contributed by atoms with E-state index in [-0.39, 0.29) is 22.6 Å². The maximum atomic E-state index is 12.6. The first-order valence-electron chi connectivity index (χ1n) is 8.18. The smallest absolute Gasteiger partial charge is 0.354 e. The SMILES string of the molecule is COC(=O)c1ccc([C@@H](NC(=O)c2cc(C(=O)O)n3nccc3n2)C(N)=O)cc1. The number of nitrogens with two attached hydrogens (primary N) is 1. The first-order chi connectivity index (χ1) is 13.8. The molecule has 0 unspecified atom stereocenters. The van der Waals surface area contributed by atoms with Gasteiger partial charge in [-0.25, -0.2) is 19.1 Å². The molecule has 1 atom stereocenters. The summed E-state index contributed by atoms with van der Waals surface area (Å²) in [5.41, 5.74) is 5.62. The average Bonchev–Trinajstić information content (AvgIpc) is 3.18. The Balaban J connectivity index is 1.90. The number of ether oxygens (including phenoxy) is 1. The normalized spacial score (nSPS) is 11.6. The van der Waals surface area contributed by atoms with Crippen LogP contribution in [-0.4, -0.2) is 50.6 Å². The highest BCUT2D eigenvalue weighted by molar-refractivity contribution is 5.98. The summed E-state index contributed by atoms with van der Waals surface area (Å²) in [5.74, 6) is -3.53. The number of hydrogen-bond donors (Lipinski definition) is 3. The van der Waals surface area contributed by atoms with Crippen molar-refractivity contribution in [3.8, 4) is 0 Å². The van der Waals surface area contributed by atoms with Crippen LogP contribution >= 0.6 is 0 Å². The third-order valence-electron chi connectivity index (χ3n) is 4.04. The van der Waals surface area contributed by atoms with Crippen LogP contribution < -0.4 is 11.1 Å². The summed E-state index contributed by atoms with van der Waals surface area (Å²) in [4.78, 5) is 51.5. The number of carbonyl (C=O) groups is 4. The summed E-state index contributed by atoms with van der Waals surface area (Å²) in [6.45, 7) is 0. The van der Waals surface area contributed by atoms with Gasteiger partial charge in [0.25, 0.3) is 5.91 Å². The molecule has 0 spiro atoms. The largest absolute Gasteiger partial charge is 0.477 e. The number of aromatic carboxylic acids is 1. The second-order valence-electron chi connectivity index (χ2n) is 5.86. The van der Waals surface area contributed by atoms with E-state index in [0.717, 1.165) is 10.6 Å². The van der Waals surface area contributed by atoms with E-state index in [1.807, 2.05) is 0 Å². The Labute approximate surface area is 163 Å². The molecule has 11 heteroatoms. The van der Waals surface area contributed by atoms with Crippen molar-refractivity contribution in [2.45, 2.75) is 6.04 Å². The van der Waals surface area contributed by atoms with Gasteiger partial charge in [-0.15, -0.1) is 0 Å². The van der Waals surface area contributed by atoms with Crippen LogP contribution in [0.25, 0.3) is 5.65 Å². The number of amides is 2. The van der Waals surface area contributed by atoms with Crippen LogP contribution in [-0.2, 0) is 9.53 Å². The van der Waals surface area contributed by atoms with E-state index in [1.165, 1.54) is 43.6 Å². The number of rotatable bonds is 6. The Hall–Kier alpha value is -4.28. The van der Waals surface area contributed by atoms with E-state index in [9.17, 15) is 24.3 Å². The van der Waals surface area contributed by atoms with Crippen molar-refractivity contribution in [1.82, 2.24) is 19.9 Å². The zero-order chi connectivity index (χ0) is 21.1.